The molecule has 0 saturated heterocycles. The summed E-state index contributed by atoms with van der Waals surface area (Å²) in [7, 11) is 0. The van der Waals surface area contributed by atoms with E-state index in [4.69, 9.17) is 0 Å². The van der Waals surface area contributed by atoms with Gasteiger partial charge in [-0.1, -0.05) is 0 Å². The maximum Gasteiger partial charge on any atom is 0.0584 e. The molecule has 0 fully saturated rings. The van der Waals surface area contributed by atoms with Crippen LogP contribution in [0.5, 0.6) is 0 Å². The molecule has 3 heteroatoms. The molecule has 0 unspecified atom stereocenters. The summed E-state index contributed by atoms with van der Waals surface area (Å²) < 4.78 is 0. The zero-order valence-corrected chi connectivity index (χ0v) is 7.17. The van der Waals surface area contributed by atoms with Gasteiger partial charge in [0.2, 0.25) is 0 Å². The second-order valence-corrected chi connectivity index (χ2v) is 1.73. The predicted octanol–water partition coefficient (Wildman–Crippen LogP) is 1.67. The van der Waals surface area contributed by atoms with Gasteiger partial charge in [0.1, 0.15) is 0 Å². The van der Waals surface area contributed by atoms with Crippen LogP contribution in [0.25, 0.3) is 0 Å². The Labute approximate surface area is 65.1 Å². The molecule has 0 aromatic carbocycles. The molecule has 2 nitrogen and oxygen atoms in total. The molecule has 0 atom stereocenters. The van der Waals surface area contributed by atoms with Crippen molar-refractivity contribution >= 4 is 17.0 Å². The van der Waals surface area contributed by atoms with Gasteiger partial charge in [0.15, 0.2) is 0 Å². The molecular formula is C6H9BrN2. The number of aromatic nitrogens is 2. The van der Waals surface area contributed by atoms with E-state index >= 15 is 0 Å². The molecule has 0 spiro atoms. The minimum Gasteiger partial charge on any atom is -0.258 e. The summed E-state index contributed by atoms with van der Waals surface area (Å²) in [5.74, 6) is 0. The van der Waals surface area contributed by atoms with Gasteiger partial charge in [-0.05, 0) is 13.8 Å². The van der Waals surface area contributed by atoms with E-state index in [9.17, 15) is 0 Å². The highest BCUT2D eigenvalue weighted by atomic mass is 79.9. The summed E-state index contributed by atoms with van der Waals surface area (Å²) in [5, 5.41) is 0. The number of nitrogens with zero attached hydrogens (tertiary/aromatic N) is 2. The van der Waals surface area contributed by atoms with Gasteiger partial charge in [-0.3, -0.25) is 9.97 Å². The van der Waals surface area contributed by atoms with Gasteiger partial charge in [-0.15, -0.1) is 17.0 Å². The predicted molar refractivity (Wildman–Crippen MR) is 41.8 cm³/mol. The minimum absolute atomic E-state index is 0. The lowest BCUT2D eigenvalue weighted by Crippen LogP contribution is -1.87. The molecule has 0 radical (unpaired) electrons. The van der Waals surface area contributed by atoms with Gasteiger partial charge in [0.05, 0.1) is 11.4 Å². The second-order valence-electron chi connectivity index (χ2n) is 1.73. The third kappa shape index (κ3) is 2.10. The molecule has 50 valence electrons. The van der Waals surface area contributed by atoms with Crippen molar-refractivity contribution < 1.29 is 0 Å². The molecule has 0 N–H and O–H groups in total. The Kier molecular flexibility index (Phi) is 3.39. The van der Waals surface area contributed by atoms with E-state index in [1.165, 1.54) is 0 Å². The summed E-state index contributed by atoms with van der Waals surface area (Å²) in [4.78, 5) is 8.03. The normalized spacial score (nSPS) is 8.22. The van der Waals surface area contributed by atoms with Crippen molar-refractivity contribution in [1.82, 2.24) is 9.97 Å². The van der Waals surface area contributed by atoms with Gasteiger partial charge in [0.25, 0.3) is 0 Å². The first-order valence-electron chi connectivity index (χ1n) is 2.55. The van der Waals surface area contributed by atoms with Gasteiger partial charge < -0.3 is 0 Å². The maximum absolute atomic E-state index is 4.02. The molecule has 0 aliphatic rings. The number of hydrogen-bond donors (Lipinski definition) is 0. The van der Waals surface area contributed by atoms with Crippen LogP contribution in [0.2, 0.25) is 0 Å². The van der Waals surface area contributed by atoms with Crippen molar-refractivity contribution in [2.75, 3.05) is 0 Å². The molecule has 0 amide bonds. The van der Waals surface area contributed by atoms with E-state index in [-0.39, 0.29) is 17.0 Å². The van der Waals surface area contributed by atoms with E-state index in [0.717, 1.165) is 11.4 Å². The Morgan fingerprint density at radius 1 is 1.00 bits per heavy atom. The molecule has 1 heterocycles. The Hall–Kier alpha value is -0.440. The smallest absolute Gasteiger partial charge is 0.0584 e. The van der Waals surface area contributed by atoms with Gasteiger partial charge in [-0.2, -0.15) is 0 Å². The maximum atomic E-state index is 4.02. The Bertz CT molecular complexity index is 167. The largest absolute Gasteiger partial charge is 0.258 e. The summed E-state index contributed by atoms with van der Waals surface area (Å²) in [6, 6.07) is 0. The lowest BCUT2D eigenvalue weighted by Gasteiger charge is -1.91. The zero-order valence-electron chi connectivity index (χ0n) is 5.46. The molecule has 0 aliphatic heterocycles. The second kappa shape index (κ2) is 3.56. The van der Waals surface area contributed by atoms with Crippen molar-refractivity contribution in [3.05, 3.63) is 23.8 Å². The summed E-state index contributed by atoms with van der Waals surface area (Å²) in [6.07, 6.45) is 3.39. The topological polar surface area (TPSA) is 25.8 Å². The third-order valence-corrected chi connectivity index (χ3v) is 1.13. The van der Waals surface area contributed by atoms with Crippen molar-refractivity contribution in [2.24, 2.45) is 0 Å². The Balaban J connectivity index is 0.000000640. The lowest BCUT2D eigenvalue weighted by atomic mass is 10.4. The van der Waals surface area contributed by atoms with Crippen molar-refractivity contribution in [1.29, 1.82) is 0 Å². The summed E-state index contributed by atoms with van der Waals surface area (Å²) in [5.41, 5.74) is 2.01. The molecule has 1 rings (SSSR count). The van der Waals surface area contributed by atoms with Crippen LogP contribution in [-0.2, 0) is 0 Å². The molecule has 1 aromatic heterocycles. The van der Waals surface area contributed by atoms with Crippen LogP contribution in [0, 0.1) is 13.8 Å². The van der Waals surface area contributed by atoms with Crippen LogP contribution in [0.1, 0.15) is 11.4 Å². The van der Waals surface area contributed by atoms with Crippen molar-refractivity contribution in [2.45, 2.75) is 13.8 Å². The Morgan fingerprint density at radius 3 is 1.56 bits per heavy atom. The highest BCUT2D eigenvalue weighted by molar-refractivity contribution is 8.93. The minimum atomic E-state index is 0. The Morgan fingerprint density at radius 2 is 1.33 bits per heavy atom. The van der Waals surface area contributed by atoms with Gasteiger partial charge >= 0.3 is 0 Å². The SMILES string of the molecule is Br.Cc1nccnc1C. The molecule has 9 heavy (non-hydrogen) atoms. The average molecular weight is 189 g/mol. The van der Waals surface area contributed by atoms with E-state index in [1.54, 1.807) is 12.4 Å². The lowest BCUT2D eigenvalue weighted by molar-refractivity contribution is 1.05. The number of halogens is 1. The summed E-state index contributed by atoms with van der Waals surface area (Å²) >= 11 is 0. The molecule has 0 bridgehead atoms. The monoisotopic (exact) mass is 188 g/mol. The van der Waals surface area contributed by atoms with E-state index in [0.29, 0.717) is 0 Å². The molecular weight excluding hydrogens is 180 g/mol. The molecule has 0 aliphatic carbocycles. The van der Waals surface area contributed by atoms with E-state index < -0.39 is 0 Å². The quantitative estimate of drug-likeness (QED) is 0.620. The van der Waals surface area contributed by atoms with Gasteiger partial charge in [-0.25, -0.2) is 0 Å². The zero-order chi connectivity index (χ0) is 5.98. The standard InChI is InChI=1S/C6H8N2.BrH/c1-5-6(2)8-4-3-7-5;/h3-4H,1-2H3;1H. The van der Waals surface area contributed by atoms with Gasteiger partial charge in [0, 0.05) is 12.4 Å². The van der Waals surface area contributed by atoms with E-state index in [1.807, 2.05) is 13.8 Å². The summed E-state index contributed by atoms with van der Waals surface area (Å²) in [6.45, 7) is 3.89. The van der Waals surface area contributed by atoms with Crippen LogP contribution in [-0.4, -0.2) is 9.97 Å². The van der Waals surface area contributed by atoms with Crippen LogP contribution in [0.15, 0.2) is 12.4 Å². The van der Waals surface area contributed by atoms with E-state index in [2.05, 4.69) is 9.97 Å². The first-order chi connectivity index (χ1) is 3.80. The van der Waals surface area contributed by atoms with Crippen molar-refractivity contribution in [3.8, 4) is 0 Å². The first kappa shape index (κ1) is 8.56. The first-order valence-corrected chi connectivity index (χ1v) is 2.55. The number of rotatable bonds is 0. The van der Waals surface area contributed by atoms with Crippen LogP contribution in [0.3, 0.4) is 0 Å². The highest BCUT2D eigenvalue weighted by Crippen LogP contribution is 1.93. The van der Waals surface area contributed by atoms with Crippen LogP contribution >= 0.6 is 17.0 Å². The van der Waals surface area contributed by atoms with Crippen LogP contribution in [0.4, 0.5) is 0 Å². The third-order valence-electron chi connectivity index (χ3n) is 1.13. The number of hydrogen-bond acceptors (Lipinski definition) is 2. The molecule has 0 saturated carbocycles. The highest BCUT2D eigenvalue weighted by Gasteiger charge is 1.87. The van der Waals surface area contributed by atoms with Crippen LogP contribution < -0.4 is 0 Å². The fourth-order valence-electron chi connectivity index (χ4n) is 0.477. The number of aryl methyl sites for hydroxylation is 2. The molecule has 1 aromatic rings. The fraction of sp³-hybridized carbons (Fsp3) is 0.333. The van der Waals surface area contributed by atoms with Crippen molar-refractivity contribution in [3.63, 3.8) is 0 Å². The average Bonchev–Trinajstić information content (AvgIpc) is 1.77. The fourth-order valence-corrected chi connectivity index (χ4v) is 0.477.